The molecule has 0 unspecified atom stereocenters. The molecule has 1 atom stereocenters. The Labute approximate surface area is 77.5 Å². The lowest BCUT2D eigenvalue weighted by Crippen LogP contribution is -2.08. The Morgan fingerprint density at radius 3 is 2.69 bits per heavy atom. The molecule has 0 aliphatic carbocycles. The summed E-state index contributed by atoms with van der Waals surface area (Å²) in [5, 5.41) is 8.62. The van der Waals surface area contributed by atoms with E-state index in [2.05, 4.69) is 6.58 Å². The predicted octanol–water partition coefficient (Wildman–Crippen LogP) is 2.34. The van der Waals surface area contributed by atoms with Gasteiger partial charge in [0.2, 0.25) is 0 Å². The number of halogens is 1. The number of benzene rings is 1. The third-order valence-electron chi connectivity index (χ3n) is 2.03. The predicted molar refractivity (Wildman–Crippen MR) is 52.2 cm³/mol. The molecule has 0 amide bonds. The molecule has 1 aromatic rings. The maximum absolute atomic E-state index is 13.0. The van der Waals surface area contributed by atoms with Crippen LogP contribution in [0.3, 0.4) is 0 Å². The first-order valence-electron chi connectivity index (χ1n) is 4.16. The highest BCUT2D eigenvalue weighted by Gasteiger charge is 2.12. The fourth-order valence-electron chi connectivity index (χ4n) is 1.21. The van der Waals surface area contributed by atoms with E-state index < -0.39 is 12.8 Å². The average molecular weight is 180 g/mol. The maximum Gasteiger partial charge on any atom is 0.148 e. The van der Waals surface area contributed by atoms with E-state index in [0.717, 1.165) is 11.1 Å². The minimum atomic E-state index is -1.36. The van der Waals surface area contributed by atoms with Crippen molar-refractivity contribution in [1.82, 2.24) is 0 Å². The number of aliphatic hydroxyl groups excluding tert-OH is 1. The SMILES string of the molecule is C=C(c1ccccc1C)[C@@H](F)CO. The number of aryl methyl sites for hydroxylation is 1. The van der Waals surface area contributed by atoms with E-state index in [4.69, 9.17) is 5.11 Å². The van der Waals surface area contributed by atoms with Gasteiger partial charge in [-0.15, -0.1) is 0 Å². The highest BCUT2D eigenvalue weighted by molar-refractivity contribution is 5.69. The van der Waals surface area contributed by atoms with E-state index in [0.29, 0.717) is 5.57 Å². The Bertz CT molecular complexity index is 307. The molecule has 0 saturated heterocycles. The lowest BCUT2D eigenvalue weighted by Gasteiger charge is -2.11. The first-order chi connectivity index (χ1) is 6.16. The number of rotatable bonds is 3. The summed E-state index contributed by atoms with van der Waals surface area (Å²) in [4.78, 5) is 0. The first kappa shape index (κ1) is 9.93. The lowest BCUT2D eigenvalue weighted by molar-refractivity contribution is 0.215. The quantitative estimate of drug-likeness (QED) is 0.757. The van der Waals surface area contributed by atoms with Gasteiger partial charge in [0.15, 0.2) is 0 Å². The summed E-state index contributed by atoms with van der Waals surface area (Å²) in [7, 11) is 0. The Morgan fingerprint density at radius 1 is 1.54 bits per heavy atom. The summed E-state index contributed by atoms with van der Waals surface area (Å²) in [6.45, 7) is 5.01. The Kier molecular flexibility index (Phi) is 3.20. The van der Waals surface area contributed by atoms with Gasteiger partial charge < -0.3 is 5.11 Å². The molecule has 1 nitrogen and oxygen atoms in total. The van der Waals surface area contributed by atoms with E-state index in [-0.39, 0.29) is 0 Å². The molecule has 1 aromatic carbocycles. The summed E-state index contributed by atoms with van der Waals surface area (Å²) >= 11 is 0. The van der Waals surface area contributed by atoms with Gasteiger partial charge in [-0.2, -0.15) is 0 Å². The summed E-state index contributed by atoms with van der Waals surface area (Å²) in [5.41, 5.74) is 2.10. The lowest BCUT2D eigenvalue weighted by atomic mass is 9.99. The minimum Gasteiger partial charge on any atom is -0.393 e. The van der Waals surface area contributed by atoms with Crippen LogP contribution in [0.15, 0.2) is 30.8 Å². The molecule has 0 bridgehead atoms. The Balaban J connectivity index is 2.95. The summed E-state index contributed by atoms with van der Waals surface area (Å²) in [6.07, 6.45) is -1.36. The van der Waals surface area contributed by atoms with Crippen molar-refractivity contribution in [3.05, 3.63) is 42.0 Å². The largest absolute Gasteiger partial charge is 0.393 e. The van der Waals surface area contributed by atoms with Crippen molar-refractivity contribution >= 4 is 5.57 Å². The normalized spacial score (nSPS) is 12.5. The highest BCUT2D eigenvalue weighted by Crippen LogP contribution is 2.21. The van der Waals surface area contributed by atoms with E-state index in [1.54, 1.807) is 6.07 Å². The summed E-state index contributed by atoms with van der Waals surface area (Å²) < 4.78 is 13.0. The van der Waals surface area contributed by atoms with Gasteiger partial charge in [0, 0.05) is 0 Å². The van der Waals surface area contributed by atoms with Crippen LogP contribution in [0.1, 0.15) is 11.1 Å². The van der Waals surface area contributed by atoms with E-state index in [1.165, 1.54) is 0 Å². The molecule has 1 N–H and O–H groups in total. The van der Waals surface area contributed by atoms with Crippen molar-refractivity contribution in [2.24, 2.45) is 0 Å². The highest BCUT2D eigenvalue weighted by atomic mass is 19.1. The molecule has 0 saturated carbocycles. The van der Waals surface area contributed by atoms with Crippen LogP contribution in [0.2, 0.25) is 0 Å². The monoisotopic (exact) mass is 180 g/mol. The van der Waals surface area contributed by atoms with Crippen LogP contribution in [0.25, 0.3) is 5.57 Å². The van der Waals surface area contributed by atoms with Crippen LogP contribution in [-0.4, -0.2) is 17.9 Å². The van der Waals surface area contributed by atoms with Gasteiger partial charge in [-0.1, -0.05) is 30.8 Å². The Hall–Kier alpha value is -1.15. The van der Waals surface area contributed by atoms with Gasteiger partial charge in [0.25, 0.3) is 0 Å². The van der Waals surface area contributed by atoms with Crippen molar-refractivity contribution in [3.8, 4) is 0 Å². The number of hydrogen-bond acceptors (Lipinski definition) is 1. The molecular weight excluding hydrogens is 167 g/mol. The first-order valence-corrected chi connectivity index (χ1v) is 4.16. The second-order valence-corrected chi connectivity index (χ2v) is 2.99. The van der Waals surface area contributed by atoms with Crippen molar-refractivity contribution in [1.29, 1.82) is 0 Å². The molecular formula is C11H13FO. The fraction of sp³-hybridized carbons (Fsp3) is 0.273. The zero-order valence-electron chi connectivity index (χ0n) is 7.63. The molecule has 0 heterocycles. The van der Waals surface area contributed by atoms with Crippen LogP contribution in [-0.2, 0) is 0 Å². The van der Waals surface area contributed by atoms with Crippen LogP contribution in [0.5, 0.6) is 0 Å². The molecule has 0 fully saturated rings. The van der Waals surface area contributed by atoms with Gasteiger partial charge in [-0.25, -0.2) is 4.39 Å². The molecule has 0 aromatic heterocycles. The smallest absolute Gasteiger partial charge is 0.148 e. The fourth-order valence-corrected chi connectivity index (χ4v) is 1.21. The molecule has 0 radical (unpaired) electrons. The standard InChI is InChI=1S/C11H13FO/c1-8-5-3-4-6-10(8)9(2)11(12)7-13/h3-6,11,13H,2,7H2,1H3/t11-/m0/s1. The van der Waals surface area contributed by atoms with Crippen LogP contribution in [0, 0.1) is 6.92 Å². The Morgan fingerprint density at radius 2 is 2.15 bits per heavy atom. The molecule has 70 valence electrons. The van der Waals surface area contributed by atoms with Crippen molar-refractivity contribution in [2.75, 3.05) is 6.61 Å². The third-order valence-corrected chi connectivity index (χ3v) is 2.03. The number of hydrogen-bond donors (Lipinski definition) is 1. The minimum absolute atomic E-state index is 0.348. The molecule has 1 rings (SSSR count). The van der Waals surface area contributed by atoms with Crippen molar-refractivity contribution in [2.45, 2.75) is 13.1 Å². The van der Waals surface area contributed by atoms with E-state index >= 15 is 0 Å². The molecule has 0 aliphatic heterocycles. The topological polar surface area (TPSA) is 20.2 Å². The summed E-state index contributed by atoms with van der Waals surface area (Å²) in [6, 6.07) is 7.42. The number of alkyl halides is 1. The van der Waals surface area contributed by atoms with Crippen LogP contribution in [0.4, 0.5) is 4.39 Å². The molecule has 0 aliphatic rings. The molecule has 13 heavy (non-hydrogen) atoms. The average Bonchev–Trinajstić information content (AvgIpc) is 2.16. The second kappa shape index (κ2) is 4.19. The second-order valence-electron chi connectivity index (χ2n) is 2.99. The van der Waals surface area contributed by atoms with E-state index in [9.17, 15) is 4.39 Å². The van der Waals surface area contributed by atoms with Gasteiger partial charge in [0.05, 0.1) is 6.61 Å². The zero-order chi connectivity index (χ0) is 9.84. The van der Waals surface area contributed by atoms with Gasteiger partial charge in [-0.05, 0) is 23.6 Å². The molecule has 2 heteroatoms. The van der Waals surface area contributed by atoms with Crippen LogP contribution < -0.4 is 0 Å². The third kappa shape index (κ3) is 2.16. The van der Waals surface area contributed by atoms with Crippen LogP contribution >= 0.6 is 0 Å². The maximum atomic E-state index is 13.0. The van der Waals surface area contributed by atoms with Crippen molar-refractivity contribution in [3.63, 3.8) is 0 Å². The van der Waals surface area contributed by atoms with Gasteiger partial charge >= 0.3 is 0 Å². The molecule has 0 spiro atoms. The summed E-state index contributed by atoms with van der Waals surface area (Å²) in [5.74, 6) is 0. The zero-order valence-corrected chi connectivity index (χ0v) is 7.63. The van der Waals surface area contributed by atoms with Gasteiger partial charge in [-0.3, -0.25) is 0 Å². The van der Waals surface area contributed by atoms with Crippen molar-refractivity contribution < 1.29 is 9.50 Å². The van der Waals surface area contributed by atoms with E-state index in [1.807, 2.05) is 25.1 Å². The number of aliphatic hydroxyl groups is 1. The van der Waals surface area contributed by atoms with Gasteiger partial charge in [0.1, 0.15) is 6.17 Å².